The summed E-state index contributed by atoms with van der Waals surface area (Å²) in [6.45, 7) is -1.45. The van der Waals surface area contributed by atoms with Gasteiger partial charge in [0.15, 0.2) is 13.6 Å². The molecule has 0 atom stereocenters. The number of hydrogen-bond donors (Lipinski definition) is 0. The quantitative estimate of drug-likeness (QED) is 0.376. The van der Waals surface area contributed by atoms with Crippen LogP contribution < -0.4 is 0 Å². The first-order chi connectivity index (χ1) is 2.81. The molecule has 0 aromatic carbocycles. The fourth-order valence-corrected chi connectivity index (χ4v) is 0.0319. The molecular formula is C2H4F2IN. The molecule has 0 aromatic heterocycles. The lowest BCUT2D eigenvalue weighted by Gasteiger charge is -1.97. The highest BCUT2D eigenvalue weighted by Crippen LogP contribution is 1.95. The average molecular weight is 207 g/mol. The predicted molar refractivity (Wildman–Crippen MR) is 27.8 cm³/mol. The van der Waals surface area contributed by atoms with Crippen molar-refractivity contribution in [2.75, 3.05) is 13.6 Å². The second-order valence-electron chi connectivity index (χ2n) is 0.702. The van der Waals surface area contributed by atoms with Crippen molar-refractivity contribution in [3.63, 3.8) is 0 Å². The number of nitrogens with zero attached hydrogens (tertiary/aromatic N) is 1. The molecule has 0 heterocycles. The van der Waals surface area contributed by atoms with E-state index in [0.717, 1.165) is 3.11 Å². The molecule has 0 N–H and O–H groups in total. The Labute approximate surface area is 48.8 Å². The van der Waals surface area contributed by atoms with Crippen LogP contribution in [-0.4, -0.2) is 16.7 Å². The van der Waals surface area contributed by atoms with E-state index in [4.69, 9.17) is 0 Å². The Morgan fingerprint density at radius 1 is 1.33 bits per heavy atom. The van der Waals surface area contributed by atoms with Crippen LogP contribution in [0.3, 0.4) is 0 Å². The molecule has 0 fully saturated rings. The van der Waals surface area contributed by atoms with Gasteiger partial charge in [0, 0.05) is 22.9 Å². The van der Waals surface area contributed by atoms with E-state index in [9.17, 15) is 8.78 Å². The van der Waals surface area contributed by atoms with Crippen molar-refractivity contribution in [1.82, 2.24) is 3.11 Å². The van der Waals surface area contributed by atoms with E-state index in [1.165, 1.54) is 0 Å². The zero-order chi connectivity index (χ0) is 4.99. The molecule has 0 saturated carbocycles. The van der Waals surface area contributed by atoms with Gasteiger partial charge >= 0.3 is 0 Å². The Morgan fingerprint density at radius 3 is 1.67 bits per heavy atom. The normalized spacial score (nSPS) is 10.0. The summed E-state index contributed by atoms with van der Waals surface area (Å²) in [4.78, 5) is 0. The van der Waals surface area contributed by atoms with E-state index in [1.54, 1.807) is 22.9 Å². The molecule has 6 heavy (non-hydrogen) atoms. The topological polar surface area (TPSA) is 3.24 Å². The van der Waals surface area contributed by atoms with Gasteiger partial charge in [-0.05, 0) is 0 Å². The van der Waals surface area contributed by atoms with Crippen molar-refractivity contribution in [3.8, 4) is 0 Å². The molecule has 0 aliphatic rings. The molecule has 0 bridgehead atoms. The number of alkyl halides is 2. The molecule has 0 aromatic rings. The van der Waals surface area contributed by atoms with Gasteiger partial charge in [0.05, 0.1) is 0 Å². The fourth-order valence-electron chi connectivity index (χ4n) is 0.0319. The smallest absolute Gasteiger partial charge is 0.153 e. The molecule has 0 spiro atoms. The van der Waals surface area contributed by atoms with E-state index >= 15 is 0 Å². The minimum atomic E-state index is -0.725. The van der Waals surface area contributed by atoms with E-state index in [2.05, 4.69) is 0 Å². The van der Waals surface area contributed by atoms with Crippen LogP contribution in [-0.2, 0) is 0 Å². The third-order valence-corrected chi connectivity index (χ3v) is 0.775. The summed E-state index contributed by atoms with van der Waals surface area (Å²) in [5, 5.41) is 0. The van der Waals surface area contributed by atoms with Crippen LogP contribution in [0.2, 0.25) is 0 Å². The standard InChI is InChI=1S/C2H4F2IN/c3-1-6(5)2-4/h1-2H2. The predicted octanol–water partition coefficient (Wildman–Crippen LogP) is 1.49. The molecule has 0 amide bonds. The minimum Gasteiger partial charge on any atom is -0.233 e. The summed E-state index contributed by atoms with van der Waals surface area (Å²) < 4.78 is 23.0. The summed E-state index contributed by atoms with van der Waals surface area (Å²) in [5.41, 5.74) is 0. The van der Waals surface area contributed by atoms with Crippen LogP contribution in [0, 0.1) is 0 Å². The van der Waals surface area contributed by atoms with E-state index in [1.807, 2.05) is 0 Å². The Morgan fingerprint density at radius 2 is 1.67 bits per heavy atom. The van der Waals surface area contributed by atoms with Gasteiger partial charge in [0.2, 0.25) is 0 Å². The number of halogens is 3. The van der Waals surface area contributed by atoms with Crippen LogP contribution >= 0.6 is 22.9 Å². The third-order valence-electron chi connectivity index (χ3n) is 0.259. The minimum absolute atomic E-state index is 0.725. The Bertz CT molecular complexity index is 30.7. The highest BCUT2D eigenvalue weighted by molar-refractivity contribution is 14.1. The molecule has 0 aliphatic carbocycles. The SMILES string of the molecule is FCN(I)CF. The van der Waals surface area contributed by atoms with Gasteiger partial charge in [-0.2, -0.15) is 3.11 Å². The lowest BCUT2D eigenvalue weighted by Crippen LogP contribution is -2.05. The maximum absolute atomic E-state index is 11.1. The number of hydrogen-bond acceptors (Lipinski definition) is 1. The van der Waals surface area contributed by atoms with Gasteiger partial charge in [0.1, 0.15) is 0 Å². The maximum Gasteiger partial charge on any atom is 0.153 e. The molecule has 0 rings (SSSR count). The summed E-state index contributed by atoms with van der Waals surface area (Å²) in [6.07, 6.45) is 0. The zero-order valence-corrected chi connectivity index (χ0v) is 5.15. The lowest BCUT2D eigenvalue weighted by molar-refractivity contribution is 0.257. The highest BCUT2D eigenvalue weighted by Gasteiger charge is 1.91. The third kappa shape index (κ3) is 2.77. The second-order valence-corrected chi connectivity index (χ2v) is 2.07. The van der Waals surface area contributed by atoms with Crippen LogP contribution in [0.15, 0.2) is 0 Å². The van der Waals surface area contributed by atoms with Gasteiger partial charge in [-0.3, -0.25) is 0 Å². The summed E-state index contributed by atoms with van der Waals surface area (Å²) in [6, 6.07) is 0. The van der Waals surface area contributed by atoms with Crippen molar-refractivity contribution < 1.29 is 8.78 Å². The fraction of sp³-hybridized carbons (Fsp3) is 1.00. The molecule has 38 valence electrons. The van der Waals surface area contributed by atoms with Gasteiger partial charge < -0.3 is 0 Å². The van der Waals surface area contributed by atoms with E-state index < -0.39 is 13.6 Å². The van der Waals surface area contributed by atoms with Crippen molar-refractivity contribution in [3.05, 3.63) is 0 Å². The van der Waals surface area contributed by atoms with Gasteiger partial charge in [-0.15, -0.1) is 0 Å². The first-order valence-electron chi connectivity index (χ1n) is 1.34. The Balaban J connectivity index is 2.75. The Hall–Kier alpha value is 0.550. The van der Waals surface area contributed by atoms with E-state index in [-0.39, 0.29) is 0 Å². The Kier molecular flexibility index (Phi) is 4.07. The van der Waals surface area contributed by atoms with Crippen LogP contribution in [0.4, 0.5) is 8.78 Å². The molecule has 0 radical (unpaired) electrons. The van der Waals surface area contributed by atoms with Crippen molar-refractivity contribution >= 4 is 22.9 Å². The number of rotatable bonds is 2. The molecule has 0 saturated heterocycles. The second kappa shape index (κ2) is 3.73. The molecule has 1 nitrogen and oxygen atoms in total. The first kappa shape index (κ1) is 6.55. The van der Waals surface area contributed by atoms with Crippen molar-refractivity contribution in [2.24, 2.45) is 0 Å². The van der Waals surface area contributed by atoms with Crippen LogP contribution in [0.5, 0.6) is 0 Å². The van der Waals surface area contributed by atoms with Gasteiger partial charge in [0.25, 0.3) is 0 Å². The zero-order valence-electron chi connectivity index (χ0n) is 3.00. The highest BCUT2D eigenvalue weighted by atomic mass is 127. The van der Waals surface area contributed by atoms with Crippen LogP contribution in [0.25, 0.3) is 0 Å². The summed E-state index contributed by atoms with van der Waals surface area (Å²) in [5.74, 6) is 0. The average Bonchev–Trinajstić information content (AvgIpc) is 1.65. The van der Waals surface area contributed by atoms with Crippen LogP contribution in [0.1, 0.15) is 0 Å². The molecular weight excluding hydrogens is 203 g/mol. The summed E-state index contributed by atoms with van der Waals surface area (Å²) >= 11 is 1.55. The molecule has 0 unspecified atom stereocenters. The first-order valence-corrected chi connectivity index (χ1v) is 2.30. The largest absolute Gasteiger partial charge is 0.233 e. The van der Waals surface area contributed by atoms with E-state index in [0.29, 0.717) is 0 Å². The maximum atomic E-state index is 11.1. The molecule has 0 aliphatic heterocycles. The monoisotopic (exact) mass is 207 g/mol. The molecule has 4 heteroatoms. The van der Waals surface area contributed by atoms with Crippen molar-refractivity contribution in [2.45, 2.75) is 0 Å². The van der Waals surface area contributed by atoms with Gasteiger partial charge in [-0.25, -0.2) is 8.78 Å². The van der Waals surface area contributed by atoms with Gasteiger partial charge in [-0.1, -0.05) is 0 Å². The summed E-state index contributed by atoms with van der Waals surface area (Å²) in [7, 11) is 0. The lowest BCUT2D eigenvalue weighted by atomic mass is 11.2. The van der Waals surface area contributed by atoms with Crippen molar-refractivity contribution in [1.29, 1.82) is 0 Å².